The highest BCUT2D eigenvalue weighted by Crippen LogP contribution is 2.06. The molecule has 0 radical (unpaired) electrons. The van der Waals surface area contributed by atoms with Crippen molar-refractivity contribution in [2.24, 2.45) is 5.92 Å². The van der Waals surface area contributed by atoms with Crippen molar-refractivity contribution in [3.05, 3.63) is 0 Å². The normalized spacial score (nSPS) is 19.8. The molecule has 1 fully saturated rings. The van der Waals surface area contributed by atoms with E-state index in [0.29, 0.717) is 19.0 Å². The Bertz CT molecular complexity index is 286. The Morgan fingerprint density at radius 1 is 1.28 bits per heavy atom. The molecule has 0 aliphatic carbocycles. The summed E-state index contributed by atoms with van der Waals surface area (Å²) in [6.07, 6.45) is 1.89. The fraction of sp³-hybridized carbons (Fsp3) is 0.846. The van der Waals surface area contributed by atoms with Gasteiger partial charge in [0.25, 0.3) is 0 Å². The first kappa shape index (κ1) is 15.0. The molecule has 104 valence electrons. The maximum atomic E-state index is 12.0. The van der Waals surface area contributed by atoms with Crippen LogP contribution in [-0.4, -0.2) is 48.9 Å². The third kappa shape index (κ3) is 4.29. The maximum absolute atomic E-state index is 12.0. The van der Waals surface area contributed by atoms with Crippen molar-refractivity contribution >= 4 is 11.8 Å². The summed E-state index contributed by atoms with van der Waals surface area (Å²) in [7, 11) is 0. The molecule has 2 amide bonds. The standard InChI is InChI=1S/C13H25N3O2/c1-4-10(2)11(3)15-12(17)13(18)16-8-5-6-14-7-9-16/h10-11,14H,4-9H2,1-3H3,(H,15,17). The number of amides is 2. The van der Waals surface area contributed by atoms with Crippen molar-refractivity contribution in [3.8, 4) is 0 Å². The van der Waals surface area contributed by atoms with Crippen molar-refractivity contribution in [3.63, 3.8) is 0 Å². The predicted molar refractivity (Wildman–Crippen MR) is 71.1 cm³/mol. The molecule has 5 heteroatoms. The lowest BCUT2D eigenvalue weighted by Gasteiger charge is -2.23. The lowest BCUT2D eigenvalue weighted by molar-refractivity contribution is -0.146. The molecule has 0 bridgehead atoms. The predicted octanol–water partition coefficient (Wildman–Crippen LogP) is 0.359. The molecule has 5 nitrogen and oxygen atoms in total. The first-order valence-corrected chi connectivity index (χ1v) is 6.86. The van der Waals surface area contributed by atoms with Gasteiger partial charge in [-0.15, -0.1) is 0 Å². The second-order valence-corrected chi connectivity index (χ2v) is 5.04. The van der Waals surface area contributed by atoms with Crippen molar-refractivity contribution in [2.75, 3.05) is 26.2 Å². The van der Waals surface area contributed by atoms with Gasteiger partial charge in [-0.1, -0.05) is 20.3 Å². The van der Waals surface area contributed by atoms with Gasteiger partial charge < -0.3 is 15.5 Å². The Labute approximate surface area is 109 Å². The topological polar surface area (TPSA) is 61.4 Å². The van der Waals surface area contributed by atoms with Gasteiger partial charge in [-0.2, -0.15) is 0 Å². The lowest BCUT2D eigenvalue weighted by atomic mass is 10.0. The summed E-state index contributed by atoms with van der Waals surface area (Å²) in [5, 5.41) is 6.01. The van der Waals surface area contributed by atoms with E-state index in [1.54, 1.807) is 4.90 Å². The van der Waals surface area contributed by atoms with Crippen LogP contribution in [-0.2, 0) is 9.59 Å². The molecule has 1 aliphatic heterocycles. The van der Waals surface area contributed by atoms with Gasteiger partial charge in [0, 0.05) is 25.7 Å². The van der Waals surface area contributed by atoms with Gasteiger partial charge in [-0.25, -0.2) is 0 Å². The molecule has 0 spiro atoms. The van der Waals surface area contributed by atoms with Crippen molar-refractivity contribution in [1.82, 2.24) is 15.5 Å². The zero-order chi connectivity index (χ0) is 13.5. The van der Waals surface area contributed by atoms with Crippen LogP contribution in [0, 0.1) is 5.92 Å². The number of carbonyl (C=O) groups excluding carboxylic acids is 2. The van der Waals surface area contributed by atoms with Crippen LogP contribution in [0.5, 0.6) is 0 Å². The highest BCUT2D eigenvalue weighted by atomic mass is 16.2. The molecule has 0 aromatic heterocycles. The van der Waals surface area contributed by atoms with Gasteiger partial charge in [0.05, 0.1) is 0 Å². The minimum Gasteiger partial charge on any atom is -0.345 e. The fourth-order valence-electron chi connectivity index (χ4n) is 1.96. The average Bonchev–Trinajstić information content (AvgIpc) is 2.65. The highest BCUT2D eigenvalue weighted by molar-refractivity contribution is 6.35. The number of hydrogen-bond acceptors (Lipinski definition) is 3. The van der Waals surface area contributed by atoms with Gasteiger partial charge in [0.2, 0.25) is 0 Å². The van der Waals surface area contributed by atoms with Crippen LogP contribution in [0.15, 0.2) is 0 Å². The molecule has 1 heterocycles. The van der Waals surface area contributed by atoms with Crippen LogP contribution in [0.2, 0.25) is 0 Å². The van der Waals surface area contributed by atoms with Crippen LogP contribution in [0.4, 0.5) is 0 Å². The van der Waals surface area contributed by atoms with Crippen molar-refractivity contribution < 1.29 is 9.59 Å². The summed E-state index contributed by atoms with van der Waals surface area (Å²) < 4.78 is 0. The summed E-state index contributed by atoms with van der Waals surface area (Å²) in [6, 6.07) is 0.0385. The average molecular weight is 255 g/mol. The Hall–Kier alpha value is -1.10. The summed E-state index contributed by atoms with van der Waals surface area (Å²) in [5.74, 6) is -0.480. The van der Waals surface area contributed by atoms with E-state index in [4.69, 9.17) is 0 Å². The second kappa shape index (κ2) is 7.36. The van der Waals surface area contributed by atoms with Gasteiger partial charge in [0.15, 0.2) is 0 Å². The molecule has 0 aromatic carbocycles. The largest absolute Gasteiger partial charge is 0.345 e. The summed E-state index contributed by atoms with van der Waals surface area (Å²) in [4.78, 5) is 25.5. The SMILES string of the molecule is CCC(C)C(C)NC(=O)C(=O)N1CCCNCC1. The van der Waals surface area contributed by atoms with Gasteiger partial charge >= 0.3 is 11.8 Å². The second-order valence-electron chi connectivity index (χ2n) is 5.04. The van der Waals surface area contributed by atoms with Crippen molar-refractivity contribution in [2.45, 2.75) is 39.7 Å². The van der Waals surface area contributed by atoms with E-state index >= 15 is 0 Å². The highest BCUT2D eigenvalue weighted by Gasteiger charge is 2.24. The Morgan fingerprint density at radius 3 is 2.67 bits per heavy atom. The summed E-state index contributed by atoms with van der Waals surface area (Å²) in [6.45, 7) is 9.06. The molecule has 2 unspecified atom stereocenters. The van der Waals surface area contributed by atoms with Gasteiger partial charge in [-0.3, -0.25) is 9.59 Å². The molecule has 1 rings (SSSR count). The number of nitrogens with one attached hydrogen (secondary N) is 2. The van der Waals surface area contributed by atoms with E-state index < -0.39 is 11.8 Å². The quantitative estimate of drug-likeness (QED) is 0.716. The van der Waals surface area contributed by atoms with E-state index in [1.807, 2.05) is 6.92 Å². The monoisotopic (exact) mass is 255 g/mol. The molecular weight excluding hydrogens is 230 g/mol. The number of carbonyl (C=O) groups is 2. The van der Waals surface area contributed by atoms with Crippen LogP contribution in [0.25, 0.3) is 0 Å². The van der Waals surface area contributed by atoms with Crippen LogP contribution >= 0.6 is 0 Å². The lowest BCUT2D eigenvalue weighted by Crippen LogP contribution is -2.48. The number of rotatable bonds is 3. The van der Waals surface area contributed by atoms with E-state index in [9.17, 15) is 9.59 Å². The summed E-state index contributed by atoms with van der Waals surface area (Å²) in [5.41, 5.74) is 0. The Kier molecular flexibility index (Phi) is 6.12. The molecule has 2 N–H and O–H groups in total. The zero-order valence-corrected chi connectivity index (χ0v) is 11.7. The fourth-order valence-corrected chi connectivity index (χ4v) is 1.96. The van der Waals surface area contributed by atoms with E-state index in [0.717, 1.165) is 25.9 Å². The first-order valence-electron chi connectivity index (χ1n) is 6.86. The number of nitrogens with zero attached hydrogens (tertiary/aromatic N) is 1. The third-order valence-electron chi connectivity index (χ3n) is 3.68. The molecular formula is C13H25N3O2. The van der Waals surface area contributed by atoms with Crippen LogP contribution < -0.4 is 10.6 Å². The molecule has 0 aromatic rings. The molecule has 0 saturated carbocycles. The van der Waals surface area contributed by atoms with E-state index in [2.05, 4.69) is 24.5 Å². The Morgan fingerprint density at radius 2 is 2.00 bits per heavy atom. The molecule has 18 heavy (non-hydrogen) atoms. The minimum absolute atomic E-state index is 0.0385. The smallest absolute Gasteiger partial charge is 0.311 e. The van der Waals surface area contributed by atoms with Crippen LogP contribution in [0.3, 0.4) is 0 Å². The molecule has 2 atom stereocenters. The number of hydrogen-bond donors (Lipinski definition) is 2. The van der Waals surface area contributed by atoms with E-state index in [-0.39, 0.29) is 6.04 Å². The van der Waals surface area contributed by atoms with Gasteiger partial charge in [0.1, 0.15) is 0 Å². The van der Waals surface area contributed by atoms with Gasteiger partial charge in [-0.05, 0) is 25.8 Å². The maximum Gasteiger partial charge on any atom is 0.311 e. The zero-order valence-electron chi connectivity index (χ0n) is 11.7. The summed E-state index contributed by atoms with van der Waals surface area (Å²) >= 11 is 0. The van der Waals surface area contributed by atoms with Crippen LogP contribution in [0.1, 0.15) is 33.6 Å². The first-order chi connectivity index (χ1) is 8.56. The Balaban J connectivity index is 2.47. The van der Waals surface area contributed by atoms with E-state index in [1.165, 1.54) is 0 Å². The van der Waals surface area contributed by atoms with Crippen molar-refractivity contribution in [1.29, 1.82) is 0 Å². The molecule has 1 saturated heterocycles. The molecule has 1 aliphatic rings. The third-order valence-corrected chi connectivity index (χ3v) is 3.68. The minimum atomic E-state index is -0.468.